The van der Waals surface area contributed by atoms with Crippen LogP contribution >= 0.6 is 0 Å². The maximum Gasteiger partial charge on any atom is 0.254 e. The zero-order valence-corrected chi connectivity index (χ0v) is 13.4. The molecule has 0 spiro atoms. The number of hydrogen-bond acceptors (Lipinski definition) is 4. The van der Waals surface area contributed by atoms with Crippen molar-refractivity contribution in [1.82, 2.24) is 10.1 Å². The number of aromatic nitrogens is 1. The average molecular weight is 322 g/mol. The molecule has 1 fully saturated rings. The van der Waals surface area contributed by atoms with Crippen molar-refractivity contribution in [2.75, 3.05) is 19.8 Å². The molecule has 4 rings (SSSR count). The molecule has 1 aromatic heterocycles. The van der Waals surface area contributed by atoms with Gasteiger partial charge in [0.05, 0.1) is 24.6 Å². The lowest BCUT2D eigenvalue weighted by Crippen LogP contribution is -2.47. The Labute approximate surface area is 139 Å². The molecule has 0 N–H and O–H groups in total. The van der Waals surface area contributed by atoms with E-state index in [0.717, 1.165) is 16.5 Å². The second-order valence-electron chi connectivity index (χ2n) is 6.03. The van der Waals surface area contributed by atoms with Gasteiger partial charge in [-0.1, -0.05) is 35.5 Å². The summed E-state index contributed by atoms with van der Waals surface area (Å²) in [6.45, 7) is 3.79. The van der Waals surface area contributed by atoms with Gasteiger partial charge >= 0.3 is 0 Å². The maximum atomic E-state index is 12.8. The largest absolute Gasteiger partial charge is 0.377 e. The number of nitrogens with zero attached hydrogens (tertiary/aromatic N) is 2. The van der Waals surface area contributed by atoms with Crippen LogP contribution in [0.25, 0.3) is 22.2 Å². The van der Waals surface area contributed by atoms with Crippen LogP contribution in [0, 0.1) is 0 Å². The molecule has 2 heterocycles. The summed E-state index contributed by atoms with van der Waals surface area (Å²) in [5.74, 6) is 0.711. The number of hydrogen-bond donors (Lipinski definition) is 0. The molecule has 1 aliphatic rings. The summed E-state index contributed by atoms with van der Waals surface area (Å²) < 4.78 is 10.9. The van der Waals surface area contributed by atoms with Crippen LogP contribution < -0.4 is 0 Å². The second-order valence-corrected chi connectivity index (χ2v) is 6.03. The van der Waals surface area contributed by atoms with Crippen molar-refractivity contribution < 1.29 is 14.1 Å². The fourth-order valence-electron chi connectivity index (χ4n) is 3.07. The van der Waals surface area contributed by atoms with Crippen molar-refractivity contribution in [1.29, 1.82) is 0 Å². The molecule has 2 aromatic carbocycles. The summed E-state index contributed by atoms with van der Waals surface area (Å²) in [5, 5.41) is 4.96. The van der Waals surface area contributed by atoms with Crippen molar-refractivity contribution in [3.63, 3.8) is 0 Å². The third kappa shape index (κ3) is 2.57. The summed E-state index contributed by atoms with van der Waals surface area (Å²) in [6, 6.07) is 15.4. The normalized spacial score (nSPS) is 18.0. The van der Waals surface area contributed by atoms with Gasteiger partial charge in [-0.2, -0.15) is 0 Å². The van der Waals surface area contributed by atoms with E-state index in [1.54, 1.807) is 0 Å². The van der Waals surface area contributed by atoms with Crippen molar-refractivity contribution in [2.24, 2.45) is 0 Å². The molecule has 0 bridgehead atoms. The number of morpholine rings is 1. The first-order valence-electron chi connectivity index (χ1n) is 8.07. The first-order valence-corrected chi connectivity index (χ1v) is 8.07. The molecule has 1 saturated heterocycles. The Morgan fingerprint density at radius 2 is 2.04 bits per heavy atom. The van der Waals surface area contributed by atoms with Crippen LogP contribution in [-0.2, 0) is 4.74 Å². The zero-order valence-electron chi connectivity index (χ0n) is 13.4. The van der Waals surface area contributed by atoms with Gasteiger partial charge in [0.25, 0.3) is 5.91 Å². The fraction of sp³-hybridized carbons (Fsp3) is 0.263. The molecule has 24 heavy (non-hydrogen) atoms. The summed E-state index contributed by atoms with van der Waals surface area (Å²) >= 11 is 0. The number of carbonyl (C=O) groups excluding carboxylic acids is 1. The highest BCUT2D eigenvalue weighted by molar-refractivity contribution is 6.01. The summed E-state index contributed by atoms with van der Waals surface area (Å²) in [7, 11) is 0. The van der Waals surface area contributed by atoms with Crippen LogP contribution in [-0.4, -0.2) is 41.8 Å². The fourth-order valence-corrected chi connectivity index (χ4v) is 3.07. The van der Waals surface area contributed by atoms with E-state index in [2.05, 4.69) is 5.16 Å². The van der Waals surface area contributed by atoms with E-state index in [9.17, 15) is 4.79 Å². The second kappa shape index (κ2) is 6.09. The maximum absolute atomic E-state index is 12.8. The number of benzene rings is 2. The minimum Gasteiger partial charge on any atom is -0.377 e. The van der Waals surface area contributed by atoms with E-state index in [0.29, 0.717) is 31.1 Å². The van der Waals surface area contributed by atoms with Crippen molar-refractivity contribution in [2.45, 2.75) is 13.0 Å². The minimum absolute atomic E-state index is 0.0212. The first kappa shape index (κ1) is 14.9. The third-order valence-corrected chi connectivity index (χ3v) is 4.39. The van der Waals surface area contributed by atoms with Crippen molar-refractivity contribution >= 4 is 16.8 Å². The number of carbonyl (C=O) groups is 1. The lowest BCUT2D eigenvalue weighted by molar-refractivity contribution is 0.00360. The molecule has 5 heteroatoms. The Bertz CT molecular complexity index is 873. The van der Waals surface area contributed by atoms with Gasteiger partial charge in [0, 0.05) is 17.7 Å². The Morgan fingerprint density at radius 1 is 1.21 bits per heavy atom. The quantitative estimate of drug-likeness (QED) is 0.726. The molecule has 122 valence electrons. The molecule has 1 unspecified atom stereocenters. The van der Waals surface area contributed by atoms with E-state index in [-0.39, 0.29) is 11.9 Å². The Morgan fingerprint density at radius 3 is 2.83 bits per heavy atom. The molecular weight excluding hydrogens is 304 g/mol. The number of amides is 1. The van der Waals surface area contributed by atoms with Gasteiger partial charge in [0.15, 0.2) is 5.76 Å². The van der Waals surface area contributed by atoms with Crippen LogP contribution in [0.2, 0.25) is 0 Å². The van der Waals surface area contributed by atoms with Gasteiger partial charge in [0.2, 0.25) is 0 Å². The Balaban J connectivity index is 1.74. The molecule has 0 radical (unpaired) electrons. The lowest BCUT2D eigenvalue weighted by atomic mass is 10.1. The highest BCUT2D eigenvalue weighted by Crippen LogP contribution is 2.29. The summed E-state index contributed by atoms with van der Waals surface area (Å²) in [5.41, 5.74) is 2.35. The highest BCUT2D eigenvalue weighted by Gasteiger charge is 2.25. The van der Waals surface area contributed by atoms with Crippen LogP contribution in [0.1, 0.15) is 17.3 Å². The summed E-state index contributed by atoms with van der Waals surface area (Å²) in [4.78, 5) is 14.7. The third-order valence-electron chi connectivity index (χ3n) is 4.39. The van der Waals surface area contributed by atoms with E-state index < -0.39 is 0 Å². The Hall–Kier alpha value is -2.66. The lowest BCUT2D eigenvalue weighted by Gasteiger charge is -2.33. The molecule has 0 saturated carbocycles. The smallest absolute Gasteiger partial charge is 0.254 e. The first-order chi connectivity index (χ1) is 11.7. The van der Waals surface area contributed by atoms with Gasteiger partial charge in [-0.3, -0.25) is 4.79 Å². The predicted molar refractivity (Wildman–Crippen MR) is 90.8 cm³/mol. The van der Waals surface area contributed by atoms with Gasteiger partial charge in [-0.05, 0) is 25.1 Å². The van der Waals surface area contributed by atoms with E-state index in [1.165, 1.54) is 0 Å². The van der Waals surface area contributed by atoms with E-state index in [1.807, 2.05) is 60.4 Å². The standard InChI is InChI=1S/C19H18N2O3/c1-13-12-23-10-9-21(13)19(22)15-7-8-17-16(11-15)18(24-20-17)14-5-3-2-4-6-14/h2-8,11,13H,9-10,12H2,1H3. The topological polar surface area (TPSA) is 55.6 Å². The number of fused-ring (bicyclic) bond motifs is 1. The number of rotatable bonds is 2. The molecule has 5 nitrogen and oxygen atoms in total. The van der Waals surface area contributed by atoms with Gasteiger partial charge in [0.1, 0.15) is 5.52 Å². The van der Waals surface area contributed by atoms with Gasteiger partial charge in [-0.25, -0.2) is 0 Å². The molecule has 1 atom stereocenters. The SMILES string of the molecule is CC1COCCN1C(=O)c1ccc2noc(-c3ccccc3)c2c1. The van der Waals surface area contributed by atoms with E-state index in [4.69, 9.17) is 9.26 Å². The predicted octanol–water partition coefficient (Wildman–Crippen LogP) is 3.36. The monoisotopic (exact) mass is 322 g/mol. The minimum atomic E-state index is 0.0212. The van der Waals surface area contributed by atoms with Crippen molar-refractivity contribution in [3.05, 3.63) is 54.1 Å². The van der Waals surface area contributed by atoms with Crippen LogP contribution in [0.4, 0.5) is 0 Å². The molecular formula is C19H18N2O3. The molecule has 1 aliphatic heterocycles. The van der Waals surface area contributed by atoms with Crippen molar-refractivity contribution in [3.8, 4) is 11.3 Å². The summed E-state index contributed by atoms with van der Waals surface area (Å²) in [6.07, 6.45) is 0. The molecule has 0 aliphatic carbocycles. The highest BCUT2D eigenvalue weighted by atomic mass is 16.5. The van der Waals surface area contributed by atoms with Gasteiger partial charge in [-0.15, -0.1) is 0 Å². The Kier molecular flexibility index (Phi) is 3.78. The average Bonchev–Trinajstić information content (AvgIpc) is 3.05. The van der Waals surface area contributed by atoms with Crippen LogP contribution in [0.15, 0.2) is 53.1 Å². The zero-order chi connectivity index (χ0) is 16.5. The molecule has 3 aromatic rings. The van der Waals surface area contributed by atoms with Crippen LogP contribution in [0.3, 0.4) is 0 Å². The van der Waals surface area contributed by atoms with Crippen LogP contribution in [0.5, 0.6) is 0 Å². The number of ether oxygens (including phenoxy) is 1. The molecule has 1 amide bonds. The van der Waals surface area contributed by atoms with E-state index >= 15 is 0 Å². The van der Waals surface area contributed by atoms with Gasteiger partial charge < -0.3 is 14.2 Å².